The fourth-order valence-electron chi connectivity index (χ4n) is 1.98. The maximum absolute atomic E-state index is 10.6. The molecule has 0 saturated carbocycles. The molecule has 0 atom stereocenters. The largest absolute Gasteiger partial charge is 0.408 e. The van der Waals surface area contributed by atoms with Gasteiger partial charge >= 0.3 is 6.01 Å². The minimum absolute atomic E-state index is 0.0186. The SMILES string of the molecule is Nc1ccc(Cc2nnc(Nc3ccc([N+](=O)[O-])cc3)o2)cc1. The topological polar surface area (TPSA) is 120 Å². The first-order chi connectivity index (χ1) is 11.1. The summed E-state index contributed by atoms with van der Waals surface area (Å²) in [6.45, 7) is 0. The summed E-state index contributed by atoms with van der Waals surface area (Å²) >= 11 is 0. The highest BCUT2D eigenvalue weighted by molar-refractivity contribution is 5.54. The van der Waals surface area contributed by atoms with Gasteiger partial charge in [-0.15, -0.1) is 5.10 Å². The summed E-state index contributed by atoms with van der Waals surface area (Å²) in [5.74, 6) is 0.458. The number of anilines is 3. The molecule has 23 heavy (non-hydrogen) atoms. The van der Waals surface area contributed by atoms with Crippen molar-refractivity contribution in [1.82, 2.24) is 10.2 Å². The molecule has 1 aromatic heterocycles. The average molecular weight is 311 g/mol. The van der Waals surface area contributed by atoms with Crippen molar-refractivity contribution in [1.29, 1.82) is 0 Å². The van der Waals surface area contributed by atoms with Crippen molar-refractivity contribution >= 4 is 23.1 Å². The van der Waals surface area contributed by atoms with Gasteiger partial charge < -0.3 is 15.5 Å². The van der Waals surface area contributed by atoms with Crippen LogP contribution in [-0.2, 0) is 6.42 Å². The Morgan fingerprint density at radius 2 is 1.78 bits per heavy atom. The Bertz CT molecular complexity index is 812. The third-order valence-electron chi connectivity index (χ3n) is 3.13. The van der Waals surface area contributed by atoms with Gasteiger partial charge in [-0.25, -0.2) is 0 Å². The molecule has 116 valence electrons. The number of rotatable bonds is 5. The minimum Gasteiger partial charge on any atom is -0.408 e. The van der Waals surface area contributed by atoms with Crippen LogP contribution in [0.15, 0.2) is 52.9 Å². The van der Waals surface area contributed by atoms with Gasteiger partial charge in [-0.3, -0.25) is 10.1 Å². The van der Waals surface area contributed by atoms with E-state index in [0.717, 1.165) is 5.56 Å². The van der Waals surface area contributed by atoms with Crippen LogP contribution >= 0.6 is 0 Å². The van der Waals surface area contributed by atoms with E-state index < -0.39 is 4.92 Å². The summed E-state index contributed by atoms with van der Waals surface area (Å²) in [4.78, 5) is 10.1. The van der Waals surface area contributed by atoms with E-state index in [2.05, 4.69) is 15.5 Å². The van der Waals surface area contributed by atoms with Crippen molar-refractivity contribution in [2.24, 2.45) is 0 Å². The molecule has 0 unspecified atom stereocenters. The Balaban J connectivity index is 1.67. The number of hydrogen-bond acceptors (Lipinski definition) is 7. The van der Waals surface area contributed by atoms with Crippen LogP contribution in [0.4, 0.5) is 23.1 Å². The highest BCUT2D eigenvalue weighted by atomic mass is 16.6. The maximum Gasteiger partial charge on any atom is 0.320 e. The molecule has 0 bridgehead atoms. The molecule has 0 aliphatic rings. The van der Waals surface area contributed by atoms with E-state index >= 15 is 0 Å². The molecule has 0 saturated heterocycles. The van der Waals surface area contributed by atoms with Crippen LogP contribution in [0, 0.1) is 10.1 Å². The second kappa shape index (κ2) is 6.14. The average Bonchev–Trinajstić information content (AvgIpc) is 2.97. The number of benzene rings is 2. The summed E-state index contributed by atoms with van der Waals surface area (Å²) in [6.07, 6.45) is 0.495. The lowest BCUT2D eigenvalue weighted by Crippen LogP contribution is -1.92. The Morgan fingerprint density at radius 3 is 2.43 bits per heavy atom. The lowest BCUT2D eigenvalue weighted by molar-refractivity contribution is -0.384. The number of aromatic nitrogens is 2. The lowest BCUT2D eigenvalue weighted by Gasteiger charge is -2.00. The van der Waals surface area contributed by atoms with Crippen molar-refractivity contribution < 1.29 is 9.34 Å². The summed E-state index contributed by atoms with van der Waals surface area (Å²) in [6, 6.07) is 13.6. The van der Waals surface area contributed by atoms with Crippen molar-refractivity contribution in [3.63, 3.8) is 0 Å². The van der Waals surface area contributed by atoms with Gasteiger partial charge in [0.15, 0.2) is 0 Å². The number of nitrogens with two attached hydrogens (primary N) is 1. The van der Waals surface area contributed by atoms with E-state index in [9.17, 15) is 10.1 Å². The third kappa shape index (κ3) is 3.62. The number of nitro benzene ring substituents is 1. The Morgan fingerprint density at radius 1 is 1.09 bits per heavy atom. The molecule has 2 aromatic carbocycles. The van der Waals surface area contributed by atoms with Gasteiger partial charge in [0.1, 0.15) is 0 Å². The fourth-order valence-corrected chi connectivity index (χ4v) is 1.98. The normalized spacial score (nSPS) is 10.4. The number of hydrogen-bond donors (Lipinski definition) is 2. The number of nitrogen functional groups attached to an aromatic ring is 1. The second-order valence-corrected chi connectivity index (χ2v) is 4.85. The molecule has 0 aliphatic carbocycles. The molecule has 1 heterocycles. The number of nitro groups is 1. The quantitative estimate of drug-likeness (QED) is 0.422. The predicted octanol–water partition coefficient (Wildman–Crippen LogP) is 2.89. The number of nitrogens with zero attached hydrogens (tertiary/aromatic N) is 3. The van der Waals surface area contributed by atoms with Gasteiger partial charge in [0, 0.05) is 23.5 Å². The van der Waals surface area contributed by atoms with Gasteiger partial charge in [0.25, 0.3) is 5.69 Å². The fraction of sp³-hybridized carbons (Fsp3) is 0.0667. The van der Waals surface area contributed by atoms with E-state index in [4.69, 9.17) is 10.2 Å². The molecule has 3 aromatic rings. The van der Waals surface area contributed by atoms with Gasteiger partial charge in [-0.1, -0.05) is 17.2 Å². The smallest absolute Gasteiger partial charge is 0.320 e. The first kappa shape index (κ1) is 14.5. The zero-order valence-corrected chi connectivity index (χ0v) is 12.0. The Kier molecular flexibility index (Phi) is 3.88. The highest BCUT2D eigenvalue weighted by Gasteiger charge is 2.09. The maximum atomic E-state index is 10.6. The van der Waals surface area contributed by atoms with Crippen molar-refractivity contribution in [2.75, 3.05) is 11.1 Å². The standard InChI is InChI=1S/C15H13N5O3/c16-11-3-1-10(2-4-11)9-14-18-19-15(23-14)17-12-5-7-13(8-6-12)20(21)22/h1-8H,9,16H2,(H,17,19). The molecule has 3 N–H and O–H groups in total. The molecule has 0 radical (unpaired) electrons. The molecule has 0 amide bonds. The van der Waals surface area contributed by atoms with Gasteiger partial charge in [-0.2, -0.15) is 0 Å². The Hall–Kier alpha value is -3.42. The zero-order valence-electron chi connectivity index (χ0n) is 12.0. The molecular formula is C15H13N5O3. The summed E-state index contributed by atoms with van der Waals surface area (Å²) in [5, 5.41) is 21.4. The van der Waals surface area contributed by atoms with Gasteiger partial charge in [-0.05, 0) is 29.8 Å². The van der Waals surface area contributed by atoms with Crippen molar-refractivity contribution in [2.45, 2.75) is 6.42 Å². The number of nitrogens with one attached hydrogen (secondary N) is 1. The van der Waals surface area contributed by atoms with E-state index in [1.807, 2.05) is 24.3 Å². The summed E-state index contributed by atoms with van der Waals surface area (Å²) < 4.78 is 5.50. The molecule has 0 aliphatic heterocycles. The molecule has 8 nitrogen and oxygen atoms in total. The van der Waals surface area contributed by atoms with E-state index in [1.54, 1.807) is 12.1 Å². The van der Waals surface area contributed by atoms with Gasteiger partial charge in [0.2, 0.25) is 5.89 Å². The minimum atomic E-state index is -0.457. The molecule has 0 spiro atoms. The van der Waals surface area contributed by atoms with Crippen LogP contribution in [0.25, 0.3) is 0 Å². The van der Waals surface area contributed by atoms with Crippen LogP contribution in [0.3, 0.4) is 0 Å². The predicted molar refractivity (Wildman–Crippen MR) is 84.3 cm³/mol. The first-order valence-corrected chi connectivity index (χ1v) is 6.78. The van der Waals surface area contributed by atoms with Crippen molar-refractivity contribution in [3.05, 3.63) is 70.1 Å². The summed E-state index contributed by atoms with van der Waals surface area (Å²) in [7, 11) is 0. The van der Waals surface area contributed by atoms with E-state index in [-0.39, 0.29) is 11.7 Å². The van der Waals surface area contributed by atoms with Gasteiger partial charge in [0.05, 0.1) is 11.3 Å². The van der Waals surface area contributed by atoms with Crippen LogP contribution in [0.1, 0.15) is 11.5 Å². The van der Waals surface area contributed by atoms with Crippen molar-refractivity contribution in [3.8, 4) is 0 Å². The van der Waals surface area contributed by atoms with E-state index in [1.165, 1.54) is 12.1 Å². The van der Waals surface area contributed by atoms with Crippen LogP contribution < -0.4 is 11.1 Å². The third-order valence-corrected chi connectivity index (χ3v) is 3.13. The lowest BCUT2D eigenvalue weighted by atomic mass is 10.1. The first-order valence-electron chi connectivity index (χ1n) is 6.78. The highest BCUT2D eigenvalue weighted by Crippen LogP contribution is 2.20. The zero-order chi connectivity index (χ0) is 16.2. The monoisotopic (exact) mass is 311 g/mol. The molecule has 3 rings (SSSR count). The van der Waals surface area contributed by atoms with Crippen LogP contribution in [0.5, 0.6) is 0 Å². The van der Waals surface area contributed by atoms with E-state index in [0.29, 0.717) is 23.7 Å². The van der Waals surface area contributed by atoms with Crippen LogP contribution in [-0.4, -0.2) is 15.1 Å². The molecule has 0 fully saturated rings. The second-order valence-electron chi connectivity index (χ2n) is 4.85. The molecular weight excluding hydrogens is 298 g/mol. The molecule has 8 heteroatoms. The Labute approximate surface area is 131 Å². The van der Waals surface area contributed by atoms with Crippen LogP contribution in [0.2, 0.25) is 0 Å². The number of non-ortho nitro benzene ring substituents is 1. The summed E-state index contributed by atoms with van der Waals surface area (Å²) in [5.41, 5.74) is 7.98.